The van der Waals surface area contributed by atoms with Gasteiger partial charge in [-0.1, -0.05) is 32.1 Å². The molecule has 1 aliphatic rings. The van der Waals surface area contributed by atoms with Crippen molar-refractivity contribution in [2.45, 2.75) is 57.9 Å². The quantitative estimate of drug-likeness (QED) is 0.684. The molecule has 0 saturated heterocycles. The van der Waals surface area contributed by atoms with Crippen molar-refractivity contribution in [1.82, 2.24) is 9.88 Å². The number of nitrogens with one attached hydrogen (secondary N) is 1. The van der Waals surface area contributed by atoms with Gasteiger partial charge in [-0.15, -0.1) is 0 Å². The van der Waals surface area contributed by atoms with Crippen LogP contribution in [0.5, 0.6) is 0 Å². The maximum Gasteiger partial charge on any atom is 0.262 e. The molecule has 1 heterocycles. The Morgan fingerprint density at radius 2 is 1.88 bits per heavy atom. The highest BCUT2D eigenvalue weighted by atomic mass is 16.1. The van der Waals surface area contributed by atoms with Crippen molar-refractivity contribution in [3.8, 4) is 12.1 Å². The first-order valence-corrected chi connectivity index (χ1v) is 8.56. The molecule has 0 aliphatic heterocycles. The number of nitriles is 2. The summed E-state index contributed by atoms with van der Waals surface area (Å²) in [4.78, 5) is 12.4. The van der Waals surface area contributed by atoms with Gasteiger partial charge in [0, 0.05) is 18.8 Å². The van der Waals surface area contributed by atoms with E-state index in [0.29, 0.717) is 5.69 Å². The minimum atomic E-state index is -0.315. The molecule has 1 aromatic rings. The van der Waals surface area contributed by atoms with Crippen molar-refractivity contribution in [2.24, 2.45) is 7.05 Å². The van der Waals surface area contributed by atoms with E-state index in [1.807, 2.05) is 13.0 Å². The summed E-state index contributed by atoms with van der Waals surface area (Å²) in [5.74, 6) is -0.315. The Balaban J connectivity index is 2.14. The molecule has 1 aromatic heterocycles. The second kappa shape index (κ2) is 8.36. The molecule has 5 heteroatoms. The van der Waals surface area contributed by atoms with E-state index in [2.05, 4.69) is 11.4 Å². The zero-order chi connectivity index (χ0) is 17.5. The topological polar surface area (TPSA) is 81.6 Å². The Bertz CT molecular complexity index is 707. The predicted molar refractivity (Wildman–Crippen MR) is 92.7 cm³/mol. The molecular weight excluding hydrogens is 300 g/mol. The van der Waals surface area contributed by atoms with Crippen molar-refractivity contribution in [3.05, 3.63) is 28.6 Å². The van der Waals surface area contributed by atoms with Crippen molar-refractivity contribution in [2.75, 3.05) is 0 Å². The highest BCUT2D eigenvalue weighted by Crippen LogP contribution is 2.19. The van der Waals surface area contributed by atoms with Gasteiger partial charge in [-0.25, -0.2) is 0 Å². The normalized spacial score (nSPS) is 16.6. The molecule has 1 amide bonds. The summed E-state index contributed by atoms with van der Waals surface area (Å²) in [6.45, 7) is 1.87. The molecular formula is C19H24N4O. The average Bonchev–Trinajstić information content (AvgIpc) is 2.82. The molecule has 1 N–H and O–H groups in total. The lowest BCUT2D eigenvalue weighted by molar-refractivity contribution is -0.117. The van der Waals surface area contributed by atoms with E-state index in [9.17, 15) is 10.1 Å². The molecule has 0 unspecified atom stereocenters. The smallest absolute Gasteiger partial charge is 0.262 e. The highest BCUT2D eigenvalue weighted by molar-refractivity contribution is 6.02. The number of hydrogen-bond acceptors (Lipinski definition) is 3. The third kappa shape index (κ3) is 4.26. The fraction of sp³-hybridized carbons (Fsp3) is 0.526. The summed E-state index contributed by atoms with van der Waals surface area (Å²) < 4.78 is 1.76. The van der Waals surface area contributed by atoms with Crippen molar-refractivity contribution < 1.29 is 4.79 Å². The molecule has 0 radical (unpaired) electrons. The molecule has 2 rings (SSSR count). The monoisotopic (exact) mass is 324 g/mol. The first-order valence-electron chi connectivity index (χ1n) is 8.56. The van der Waals surface area contributed by atoms with Crippen LogP contribution in [-0.2, 0) is 11.8 Å². The van der Waals surface area contributed by atoms with E-state index >= 15 is 0 Å². The Labute approximate surface area is 143 Å². The van der Waals surface area contributed by atoms with Crippen molar-refractivity contribution in [1.29, 1.82) is 10.5 Å². The van der Waals surface area contributed by atoms with Gasteiger partial charge in [0.15, 0.2) is 0 Å². The number of rotatable bonds is 3. The molecule has 1 aliphatic carbocycles. The first kappa shape index (κ1) is 17.8. The van der Waals surface area contributed by atoms with Crippen LogP contribution in [0, 0.1) is 29.6 Å². The Hall–Kier alpha value is -2.53. The van der Waals surface area contributed by atoms with Crippen LogP contribution in [-0.4, -0.2) is 16.5 Å². The van der Waals surface area contributed by atoms with Crippen LogP contribution in [0.15, 0.2) is 11.6 Å². The van der Waals surface area contributed by atoms with Gasteiger partial charge in [0.25, 0.3) is 5.91 Å². The number of carbonyl (C=O) groups excluding carboxylic acids is 1. The molecule has 126 valence electrons. The third-order valence-corrected chi connectivity index (χ3v) is 4.79. The number of aromatic nitrogens is 1. The van der Waals surface area contributed by atoms with Crippen LogP contribution in [0.3, 0.4) is 0 Å². The summed E-state index contributed by atoms with van der Waals surface area (Å²) in [5, 5.41) is 21.5. The minimum absolute atomic E-state index is 0.0928. The van der Waals surface area contributed by atoms with Gasteiger partial charge in [-0.2, -0.15) is 10.5 Å². The molecule has 5 nitrogen and oxygen atoms in total. The van der Waals surface area contributed by atoms with E-state index in [-0.39, 0.29) is 17.5 Å². The Morgan fingerprint density at radius 3 is 2.42 bits per heavy atom. The van der Waals surface area contributed by atoms with E-state index in [4.69, 9.17) is 5.26 Å². The van der Waals surface area contributed by atoms with Crippen LogP contribution in [0.4, 0.5) is 0 Å². The summed E-state index contributed by atoms with van der Waals surface area (Å²) >= 11 is 0. The molecule has 24 heavy (non-hydrogen) atoms. The van der Waals surface area contributed by atoms with E-state index in [1.165, 1.54) is 19.3 Å². The van der Waals surface area contributed by atoms with E-state index < -0.39 is 0 Å². The zero-order valence-corrected chi connectivity index (χ0v) is 14.4. The van der Waals surface area contributed by atoms with Crippen molar-refractivity contribution in [3.63, 3.8) is 0 Å². The second-order valence-corrected chi connectivity index (χ2v) is 6.43. The van der Waals surface area contributed by atoms with Crippen LogP contribution in [0.2, 0.25) is 0 Å². The average molecular weight is 324 g/mol. The van der Waals surface area contributed by atoms with Gasteiger partial charge in [0.2, 0.25) is 0 Å². The van der Waals surface area contributed by atoms with Gasteiger partial charge >= 0.3 is 0 Å². The second-order valence-electron chi connectivity index (χ2n) is 6.43. The lowest BCUT2D eigenvalue weighted by Crippen LogP contribution is -2.35. The molecule has 1 saturated carbocycles. The van der Waals surface area contributed by atoms with Crippen LogP contribution in [0.1, 0.15) is 61.9 Å². The first-order chi connectivity index (χ1) is 11.6. The minimum Gasteiger partial charge on any atom is -0.349 e. The van der Waals surface area contributed by atoms with Gasteiger partial charge in [0.05, 0.1) is 0 Å². The standard InChI is InChI=1S/C19H24N4O/c1-14-15(11-18(13-21)23(14)2)10-16(12-20)19(24)22-17-8-6-4-3-5-7-9-17/h10-11,17H,3-9H2,1-2H3,(H,22,24). The molecule has 0 aromatic carbocycles. The largest absolute Gasteiger partial charge is 0.349 e. The van der Waals surface area contributed by atoms with E-state index in [1.54, 1.807) is 23.8 Å². The van der Waals surface area contributed by atoms with Gasteiger partial charge in [-0.3, -0.25) is 4.79 Å². The summed E-state index contributed by atoms with van der Waals surface area (Å²) in [6, 6.07) is 5.96. The van der Waals surface area contributed by atoms with E-state index in [0.717, 1.165) is 36.9 Å². The maximum absolute atomic E-state index is 12.4. The molecule has 0 atom stereocenters. The molecule has 0 bridgehead atoms. The lowest BCUT2D eigenvalue weighted by atomic mass is 9.96. The van der Waals surface area contributed by atoms with Gasteiger partial charge < -0.3 is 9.88 Å². The highest BCUT2D eigenvalue weighted by Gasteiger charge is 2.17. The number of nitrogens with zero attached hydrogens (tertiary/aromatic N) is 3. The van der Waals surface area contributed by atoms with Gasteiger partial charge in [-0.05, 0) is 37.5 Å². The number of carbonyl (C=O) groups is 1. The fourth-order valence-electron chi connectivity index (χ4n) is 3.14. The summed E-state index contributed by atoms with van der Waals surface area (Å²) in [7, 11) is 1.80. The molecule has 1 fully saturated rings. The maximum atomic E-state index is 12.4. The van der Waals surface area contributed by atoms with Crippen LogP contribution >= 0.6 is 0 Å². The number of amides is 1. The van der Waals surface area contributed by atoms with Crippen molar-refractivity contribution >= 4 is 12.0 Å². The summed E-state index contributed by atoms with van der Waals surface area (Å²) in [5.41, 5.74) is 2.20. The fourth-order valence-corrected chi connectivity index (χ4v) is 3.14. The zero-order valence-electron chi connectivity index (χ0n) is 14.4. The Morgan fingerprint density at radius 1 is 1.25 bits per heavy atom. The number of hydrogen-bond donors (Lipinski definition) is 1. The Kier molecular flexibility index (Phi) is 6.21. The SMILES string of the molecule is Cc1c(C=C(C#N)C(=O)NC2CCCCCCC2)cc(C#N)n1C. The van der Waals surface area contributed by atoms with Crippen LogP contribution < -0.4 is 5.32 Å². The predicted octanol–water partition coefficient (Wildman–Crippen LogP) is 3.34. The molecule has 0 spiro atoms. The van der Waals surface area contributed by atoms with Crippen LogP contribution in [0.25, 0.3) is 6.08 Å². The summed E-state index contributed by atoms with van der Waals surface area (Å²) in [6.07, 6.45) is 9.49. The third-order valence-electron chi connectivity index (χ3n) is 4.79. The van der Waals surface area contributed by atoms with Gasteiger partial charge in [0.1, 0.15) is 23.4 Å². The lowest BCUT2D eigenvalue weighted by Gasteiger charge is -2.20.